The highest BCUT2D eigenvalue weighted by Crippen LogP contribution is 2.12. The van der Waals surface area contributed by atoms with Crippen LogP contribution >= 0.6 is 0 Å². The van der Waals surface area contributed by atoms with E-state index in [4.69, 9.17) is 0 Å². The molecule has 0 aliphatic heterocycles. The zero-order valence-corrected chi connectivity index (χ0v) is 15.5. The normalized spacial score (nSPS) is 11.7. The Balaban J connectivity index is 2.03. The summed E-state index contributed by atoms with van der Waals surface area (Å²) < 4.78 is 13.1. The van der Waals surface area contributed by atoms with Crippen LogP contribution in [-0.2, 0) is 22.7 Å². The first kappa shape index (κ1) is 19.6. The number of rotatable bonds is 7. The van der Waals surface area contributed by atoms with Crippen LogP contribution in [0.5, 0.6) is 0 Å². The molecule has 0 radical (unpaired) electrons. The molecule has 5 heteroatoms. The summed E-state index contributed by atoms with van der Waals surface area (Å²) in [5.41, 5.74) is 2.95. The number of nitrogens with one attached hydrogen (secondary N) is 1. The van der Waals surface area contributed by atoms with Crippen LogP contribution in [0.4, 0.5) is 4.39 Å². The fourth-order valence-corrected chi connectivity index (χ4v) is 2.62. The second-order valence-electron chi connectivity index (χ2n) is 6.38. The monoisotopic (exact) mass is 356 g/mol. The van der Waals surface area contributed by atoms with E-state index in [-0.39, 0.29) is 24.2 Å². The lowest BCUT2D eigenvalue weighted by molar-refractivity contribution is -0.140. The van der Waals surface area contributed by atoms with Crippen LogP contribution in [-0.4, -0.2) is 22.8 Å². The molecule has 1 N–H and O–H groups in total. The van der Waals surface area contributed by atoms with Gasteiger partial charge in [0.05, 0.1) is 0 Å². The summed E-state index contributed by atoms with van der Waals surface area (Å²) in [5, 5.41) is 2.88. The predicted molar refractivity (Wildman–Crippen MR) is 99.7 cm³/mol. The molecule has 0 aliphatic carbocycles. The van der Waals surface area contributed by atoms with Gasteiger partial charge in [-0.25, -0.2) is 4.39 Å². The summed E-state index contributed by atoms with van der Waals surface area (Å²) in [6.45, 7) is 6.16. The van der Waals surface area contributed by atoms with E-state index < -0.39 is 6.04 Å². The van der Waals surface area contributed by atoms with Gasteiger partial charge in [0.15, 0.2) is 0 Å². The number of nitrogens with zero attached hydrogens (tertiary/aromatic N) is 1. The average Bonchev–Trinajstić information content (AvgIpc) is 2.65. The van der Waals surface area contributed by atoms with Gasteiger partial charge in [0.25, 0.3) is 0 Å². The minimum atomic E-state index is -0.613. The summed E-state index contributed by atoms with van der Waals surface area (Å²) in [6, 6.07) is 13.3. The topological polar surface area (TPSA) is 49.4 Å². The SMILES string of the molecule is CCC(=O)N(Cc1ccc(F)cc1)[C@H](C)C(=O)NCc1ccc(C)cc1. The number of benzene rings is 2. The van der Waals surface area contributed by atoms with Crippen LogP contribution in [0.3, 0.4) is 0 Å². The number of hydrogen-bond donors (Lipinski definition) is 1. The molecule has 2 rings (SSSR count). The van der Waals surface area contributed by atoms with Gasteiger partial charge in [0.2, 0.25) is 11.8 Å². The molecule has 1 atom stereocenters. The maximum Gasteiger partial charge on any atom is 0.242 e. The van der Waals surface area contributed by atoms with E-state index in [0.29, 0.717) is 13.0 Å². The average molecular weight is 356 g/mol. The van der Waals surface area contributed by atoms with Crippen molar-refractivity contribution in [3.05, 3.63) is 71.0 Å². The van der Waals surface area contributed by atoms with Gasteiger partial charge in [-0.1, -0.05) is 48.9 Å². The summed E-state index contributed by atoms with van der Waals surface area (Å²) in [4.78, 5) is 26.4. The van der Waals surface area contributed by atoms with E-state index in [2.05, 4.69) is 5.32 Å². The van der Waals surface area contributed by atoms with Crippen molar-refractivity contribution >= 4 is 11.8 Å². The molecule has 2 amide bonds. The molecule has 0 saturated heterocycles. The number of aryl methyl sites for hydroxylation is 1. The molecule has 26 heavy (non-hydrogen) atoms. The molecule has 0 spiro atoms. The van der Waals surface area contributed by atoms with E-state index >= 15 is 0 Å². The first-order valence-corrected chi connectivity index (χ1v) is 8.78. The smallest absolute Gasteiger partial charge is 0.242 e. The second kappa shape index (κ2) is 9.13. The fraction of sp³-hybridized carbons (Fsp3) is 0.333. The number of amides is 2. The largest absolute Gasteiger partial charge is 0.350 e. The van der Waals surface area contributed by atoms with Gasteiger partial charge in [0.1, 0.15) is 11.9 Å². The van der Waals surface area contributed by atoms with E-state index in [9.17, 15) is 14.0 Å². The number of halogens is 1. The molecule has 0 saturated carbocycles. The van der Waals surface area contributed by atoms with Crippen LogP contribution < -0.4 is 5.32 Å². The van der Waals surface area contributed by atoms with Crippen molar-refractivity contribution in [2.45, 2.75) is 46.3 Å². The third-order valence-electron chi connectivity index (χ3n) is 4.32. The van der Waals surface area contributed by atoms with E-state index in [1.165, 1.54) is 17.0 Å². The highest BCUT2D eigenvalue weighted by Gasteiger charge is 2.24. The molecule has 0 fully saturated rings. The summed E-state index contributed by atoms with van der Waals surface area (Å²) in [6.07, 6.45) is 0.302. The first-order chi connectivity index (χ1) is 12.4. The Bertz CT molecular complexity index is 742. The summed E-state index contributed by atoms with van der Waals surface area (Å²) in [7, 11) is 0. The zero-order chi connectivity index (χ0) is 19.1. The van der Waals surface area contributed by atoms with Crippen LogP contribution in [0.25, 0.3) is 0 Å². The van der Waals surface area contributed by atoms with E-state index in [1.54, 1.807) is 26.0 Å². The molecule has 0 unspecified atom stereocenters. The Hall–Kier alpha value is -2.69. The van der Waals surface area contributed by atoms with Crippen LogP contribution in [0.1, 0.15) is 37.0 Å². The Morgan fingerprint density at radius 2 is 1.62 bits per heavy atom. The molecular weight excluding hydrogens is 331 g/mol. The molecule has 2 aromatic rings. The van der Waals surface area contributed by atoms with Crippen molar-refractivity contribution in [2.75, 3.05) is 0 Å². The van der Waals surface area contributed by atoms with Crippen molar-refractivity contribution in [3.63, 3.8) is 0 Å². The standard InChI is InChI=1S/C21H25FN2O2/c1-4-20(25)24(14-18-9-11-19(22)12-10-18)16(3)21(26)23-13-17-7-5-15(2)6-8-17/h5-12,16H,4,13-14H2,1-3H3,(H,23,26)/t16-/m1/s1. The van der Waals surface area contributed by atoms with Gasteiger partial charge < -0.3 is 10.2 Å². The predicted octanol–water partition coefficient (Wildman–Crippen LogP) is 3.58. The maximum atomic E-state index is 13.1. The van der Waals surface area contributed by atoms with E-state index in [1.807, 2.05) is 31.2 Å². The lowest BCUT2D eigenvalue weighted by Crippen LogP contribution is -2.47. The molecule has 0 heterocycles. The first-order valence-electron chi connectivity index (χ1n) is 8.78. The van der Waals surface area contributed by atoms with Gasteiger partial charge >= 0.3 is 0 Å². The molecule has 138 valence electrons. The lowest BCUT2D eigenvalue weighted by atomic mass is 10.1. The minimum absolute atomic E-state index is 0.118. The third-order valence-corrected chi connectivity index (χ3v) is 4.32. The second-order valence-corrected chi connectivity index (χ2v) is 6.38. The van der Waals surface area contributed by atoms with Gasteiger partial charge in [-0.2, -0.15) is 0 Å². The van der Waals surface area contributed by atoms with Gasteiger partial charge in [0, 0.05) is 19.5 Å². The van der Waals surface area contributed by atoms with Crippen LogP contribution in [0.15, 0.2) is 48.5 Å². The van der Waals surface area contributed by atoms with Gasteiger partial charge in [-0.15, -0.1) is 0 Å². The highest BCUT2D eigenvalue weighted by atomic mass is 19.1. The highest BCUT2D eigenvalue weighted by molar-refractivity contribution is 5.87. The van der Waals surface area contributed by atoms with Crippen molar-refractivity contribution in [2.24, 2.45) is 0 Å². The zero-order valence-electron chi connectivity index (χ0n) is 15.5. The quantitative estimate of drug-likeness (QED) is 0.824. The summed E-state index contributed by atoms with van der Waals surface area (Å²) >= 11 is 0. The van der Waals surface area contributed by atoms with Crippen LogP contribution in [0.2, 0.25) is 0 Å². The Morgan fingerprint density at radius 1 is 1.04 bits per heavy atom. The Kier molecular flexibility index (Phi) is 6.89. The molecule has 2 aromatic carbocycles. The van der Waals surface area contributed by atoms with Crippen molar-refractivity contribution < 1.29 is 14.0 Å². The Morgan fingerprint density at radius 3 is 2.19 bits per heavy atom. The number of hydrogen-bond acceptors (Lipinski definition) is 2. The van der Waals surface area contributed by atoms with E-state index in [0.717, 1.165) is 16.7 Å². The molecule has 4 nitrogen and oxygen atoms in total. The van der Waals surface area contributed by atoms with Gasteiger partial charge in [-0.05, 0) is 37.1 Å². The summed E-state index contributed by atoms with van der Waals surface area (Å²) in [5.74, 6) is -0.659. The molecular formula is C21H25FN2O2. The van der Waals surface area contributed by atoms with Gasteiger partial charge in [-0.3, -0.25) is 9.59 Å². The third kappa shape index (κ3) is 5.41. The number of carbonyl (C=O) groups excluding carboxylic acids is 2. The maximum absolute atomic E-state index is 13.1. The molecule has 0 aliphatic rings. The number of carbonyl (C=O) groups is 2. The van der Waals surface area contributed by atoms with Crippen LogP contribution in [0, 0.1) is 12.7 Å². The fourth-order valence-electron chi connectivity index (χ4n) is 2.62. The molecule has 0 bridgehead atoms. The van der Waals surface area contributed by atoms with Crippen molar-refractivity contribution in [1.29, 1.82) is 0 Å². The Labute approximate surface area is 154 Å². The van der Waals surface area contributed by atoms with Crippen molar-refractivity contribution in [1.82, 2.24) is 10.2 Å². The van der Waals surface area contributed by atoms with Crippen molar-refractivity contribution in [3.8, 4) is 0 Å². The minimum Gasteiger partial charge on any atom is -0.350 e. The lowest BCUT2D eigenvalue weighted by Gasteiger charge is -2.28. The molecule has 0 aromatic heterocycles.